The van der Waals surface area contributed by atoms with Crippen molar-refractivity contribution in [2.45, 2.75) is 64.0 Å². The third-order valence-corrected chi connectivity index (χ3v) is 5.42. The topological polar surface area (TPSA) is 29.3 Å². The number of nitrogens with two attached hydrogens (primary N) is 1. The molecule has 0 aliphatic heterocycles. The van der Waals surface area contributed by atoms with E-state index in [1.54, 1.807) is 11.1 Å². The third-order valence-electron chi connectivity index (χ3n) is 5.42. The molecule has 0 fully saturated rings. The Kier molecular flexibility index (Phi) is 4.87. The summed E-state index contributed by atoms with van der Waals surface area (Å²) in [6.07, 6.45) is 7.00. The predicted molar refractivity (Wildman–Crippen MR) is 87.1 cm³/mol. The van der Waals surface area contributed by atoms with E-state index in [1.807, 2.05) is 0 Å². The van der Waals surface area contributed by atoms with Crippen molar-refractivity contribution in [3.63, 3.8) is 0 Å². The zero-order chi connectivity index (χ0) is 14.8. The summed E-state index contributed by atoms with van der Waals surface area (Å²) in [7, 11) is 4.32. The number of nitrogens with zero attached hydrogens (tertiary/aromatic N) is 1. The number of rotatable bonds is 6. The Bertz CT molecular complexity index is 447. The van der Waals surface area contributed by atoms with E-state index >= 15 is 0 Å². The zero-order valence-corrected chi connectivity index (χ0v) is 13.6. The third kappa shape index (κ3) is 2.77. The molecule has 2 rings (SSSR count). The number of hydrogen-bond acceptors (Lipinski definition) is 2. The molecule has 1 unspecified atom stereocenters. The van der Waals surface area contributed by atoms with Crippen LogP contribution >= 0.6 is 0 Å². The maximum Gasteiger partial charge on any atom is 0.0352 e. The Morgan fingerprint density at radius 3 is 2.40 bits per heavy atom. The molecule has 112 valence electrons. The van der Waals surface area contributed by atoms with Gasteiger partial charge in [0, 0.05) is 11.6 Å². The van der Waals surface area contributed by atoms with Crippen molar-refractivity contribution in [1.82, 2.24) is 4.90 Å². The summed E-state index contributed by atoms with van der Waals surface area (Å²) in [6, 6.07) is 7.19. The van der Waals surface area contributed by atoms with Gasteiger partial charge in [0.05, 0.1) is 0 Å². The van der Waals surface area contributed by atoms with Gasteiger partial charge in [0.2, 0.25) is 0 Å². The first-order valence-corrected chi connectivity index (χ1v) is 8.07. The molecule has 1 aliphatic carbocycles. The van der Waals surface area contributed by atoms with Crippen LogP contribution in [0.25, 0.3) is 0 Å². The van der Waals surface area contributed by atoms with Gasteiger partial charge in [0.1, 0.15) is 0 Å². The number of benzene rings is 1. The standard InChI is InChI=1S/C18H30N2/c1-5-18(6-2,20(3)4)17(19)13-14-10-11-15-8-7-9-16(15)12-14/h10-12,17H,5-9,13,19H2,1-4H3. The minimum Gasteiger partial charge on any atom is -0.326 e. The highest BCUT2D eigenvalue weighted by Crippen LogP contribution is 2.28. The molecule has 1 aromatic rings. The lowest BCUT2D eigenvalue weighted by atomic mass is 9.80. The Morgan fingerprint density at radius 2 is 1.80 bits per heavy atom. The van der Waals surface area contributed by atoms with Gasteiger partial charge in [-0.2, -0.15) is 0 Å². The molecule has 0 bridgehead atoms. The maximum atomic E-state index is 6.61. The fourth-order valence-electron chi connectivity index (χ4n) is 3.93. The highest BCUT2D eigenvalue weighted by molar-refractivity contribution is 5.35. The minimum atomic E-state index is 0.110. The molecule has 1 atom stereocenters. The van der Waals surface area contributed by atoms with Gasteiger partial charge in [0.15, 0.2) is 0 Å². The molecule has 1 aliphatic rings. The van der Waals surface area contributed by atoms with Crippen LogP contribution in [0.4, 0.5) is 0 Å². The number of fused-ring (bicyclic) bond motifs is 1. The van der Waals surface area contributed by atoms with Crippen molar-refractivity contribution < 1.29 is 0 Å². The van der Waals surface area contributed by atoms with Crippen molar-refractivity contribution >= 4 is 0 Å². The molecule has 20 heavy (non-hydrogen) atoms. The molecular formula is C18H30N2. The molecule has 0 spiro atoms. The first-order chi connectivity index (χ1) is 9.53. The molecule has 0 aromatic heterocycles. The van der Waals surface area contributed by atoms with Gasteiger partial charge < -0.3 is 10.6 Å². The van der Waals surface area contributed by atoms with Crippen LogP contribution in [0.5, 0.6) is 0 Å². The highest BCUT2D eigenvalue weighted by atomic mass is 15.2. The Morgan fingerprint density at radius 1 is 1.15 bits per heavy atom. The monoisotopic (exact) mass is 274 g/mol. The molecular weight excluding hydrogens is 244 g/mol. The highest BCUT2D eigenvalue weighted by Gasteiger charge is 2.35. The van der Waals surface area contributed by atoms with Crippen LogP contribution in [0.3, 0.4) is 0 Å². The van der Waals surface area contributed by atoms with Gasteiger partial charge in [-0.1, -0.05) is 32.0 Å². The lowest BCUT2D eigenvalue weighted by molar-refractivity contribution is 0.105. The van der Waals surface area contributed by atoms with Gasteiger partial charge in [-0.15, -0.1) is 0 Å². The number of aryl methyl sites for hydroxylation is 2. The average Bonchev–Trinajstić information content (AvgIpc) is 2.87. The molecule has 2 N–H and O–H groups in total. The van der Waals surface area contributed by atoms with Crippen molar-refractivity contribution in [3.8, 4) is 0 Å². The summed E-state index contributed by atoms with van der Waals surface area (Å²) in [5, 5.41) is 0. The molecule has 2 heteroatoms. The van der Waals surface area contributed by atoms with Crippen LogP contribution in [-0.2, 0) is 19.3 Å². The van der Waals surface area contributed by atoms with E-state index < -0.39 is 0 Å². The van der Waals surface area contributed by atoms with Crippen molar-refractivity contribution in [3.05, 3.63) is 34.9 Å². The summed E-state index contributed by atoms with van der Waals surface area (Å²) in [6.45, 7) is 4.51. The second-order valence-electron chi connectivity index (χ2n) is 6.47. The summed E-state index contributed by atoms with van der Waals surface area (Å²) in [5.41, 5.74) is 11.2. The summed E-state index contributed by atoms with van der Waals surface area (Å²) >= 11 is 0. The van der Waals surface area contributed by atoms with Crippen molar-refractivity contribution in [2.24, 2.45) is 5.73 Å². The fraction of sp³-hybridized carbons (Fsp3) is 0.667. The van der Waals surface area contributed by atoms with Crippen LogP contribution in [0.2, 0.25) is 0 Å². The smallest absolute Gasteiger partial charge is 0.0352 e. The molecule has 1 aromatic carbocycles. The summed E-state index contributed by atoms with van der Waals surface area (Å²) in [4.78, 5) is 2.32. The lowest BCUT2D eigenvalue weighted by Gasteiger charge is -2.43. The second kappa shape index (κ2) is 6.28. The molecule has 0 heterocycles. The Hall–Kier alpha value is -0.860. The van der Waals surface area contributed by atoms with Gasteiger partial charge in [-0.3, -0.25) is 0 Å². The molecule has 0 amide bonds. The van der Waals surface area contributed by atoms with Crippen molar-refractivity contribution in [2.75, 3.05) is 14.1 Å². The zero-order valence-electron chi connectivity index (χ0n) is 13.6. The molecule has 0 radical (unpaired) electrons. The summed E-state index contributed by atoms with van der Waals surface area (Å²) in [5.74, 6) is 0. The Labute approximate surface area is 124 Å². The van der Waals surface area contributed by atoms with Crippen LogP contribution in [0.15, 0.2) is 18.2 Å². The first kappa shape index (κ1) is 15.5. The summed E-state index contributed by atoms with van der Waals surface area (Å²) < 4.78 is 0. The fourth-order valence-corrected chi connectivity index (χ4v) is 3.93. The first-order valence-electron chi connectivity index (χ1n) is 8.07. The predicted octanol–water partition coefficient (Wildman–Crippen LogP) is 3.17. The van der Waals surface area contributed by atoms with Gasteiger partial charge in [-0.25, -0.2) is 0 Å². The largest absolute Gasteiger partial charge is 0.326 e. The van der Waals surface area contributed by atoms with Crippen molar-refractivity contribution in [1.29, 1.82) is 0 Å². The minimum absolute atomic E-state index is 0.110. The van der Waals surface area contributed by atoms with Crippen LogP contribution in [0.1, 0.15) is 49.8 Å². The maximum absolute atomic E-state index is 6.61. The molecule has 2 nitrogen and oxygen atoms in total. The SMILES string of the molecule is CCC(CC)(C(N)Cc1ccc2c(c1)CCC2)N(C)C. The van der Waals surface area contributed by atoms with E-state index in [0.717, 1.165) is 19.3 Å². The van der Waals surface area contributed by atoms with E-state index in [2.05, 4.69) is 51.0 Å². The molecule has 0 saturated carbocycles. The van der Waals surface area contributed by atoms with Crippen LogP contribution in [0, 0.1) is 0 Å². The van der Waals surface area contributed by atoms with E-state index in [-0.39, 0.29) is 11.6 Å². The van der Waals surface area contributed by atoms with Gasteiger partial charge in [0.25, 0.3) is 0 Å². The van der Waals surface area contributed by atoms with E-state index in [4.69, 9.17) is 5.73 Å². The lowest BCUT2D eigenvalue weighted by Crippen LogP contribution is -2.57. The number of hydrogen-bond donors (Lipinski definition) is 1. The normalized spacial score (nSPS) is 16.5. The van der Waals surface area contributed by atoms with E-state index in [0.29, 0.717) is 0 Å². The van der Waals surface area contributed by atoms with E-state index in [1.165, 1.54) is 24.8 Å². The van der Waals surface area contributed by atoms with Crippen LogP contribution < -0.4 is 5.73 Å². The number of likely N-dealkylation sites (N-methyl/N-ethyl adjacent to an activating group) is 1. The Balaban J connectivity index is 2.16. The van der Waals surface area contributed by atoms with Gasteiger partial charge >= 0.3 is 0 Å². The van der Waals surface area contributed by atoms with Crippen LogP contribution in [-0.4, -0.2) is 30.6 Å². The van der Waals surface area contributed by atoms with Gasteiger partial charge in [-0.05, 0) is 69.3 Å². The second-order valence-corrected chi connectivity index (χ2v) is 6.47. The average molecular weight is 274 g/mol. The molecule has 0 saturated heterocycles. The quantitative estimate of drug-likeness (QED) is 0.863. The van der Waals surface area contributed by atoms with E-state index in [9.17, 15) is 0 Å².